The Hall–Kier alpha value is -3.22. The Morgan fingerprint density at radius 3 is 2.83 bits per heavy atom. The van der Waals surface area contributed by atoms with Gasteiger partial charge in [0.15, 0.2) is 5.65 Å². The monoisotopic (exact) mass is 405 g/mol. The molecule has 3 heterocycles. The minimum absolute atomic E-state index is 0.166. The third kappa shape index (κ3) is 3.92. The van der Waals surface area contributed by atoms with Gasteiger partial charge in [-0.25, -0.2) is 9.67 Å². The number of hydrogen-bond donors (Lipinski definition) is 1. The Balaban J connectivity index is 1.49. The van der Waals surface area contributed by atoms with Crippen molar-refractivity contribution in [2.24, 2.45) is 0 Å². The molecule has 156 valence electrons. The van der Waals surface area contributed by atoms with E-state index >= 15 is 0 Å². The summed E-state index contributed by atoms with van der Waals surface area (Å²) in [5.41, 5.74) is 3.87. The highest BCUT2D eigenvalue weighted by molar-refractivity contribution is 5.98. The van der Waals surface area contributed by atoms with Crippen LogP contribution in [0.1, 0.15) is 60.8 Å². The Bertz CT molecular complexity index is 1100. The quantitative estimate of drug-likeness (QED) is 0.701. The zero-order valence-electron chi connectivity index (χ0n) is 17.7. The molecule has 0 bridgehead atoms. The molecule has 30 heavy (non-hydrogen) atoms. The van der Waals surface area contributed by atoms with Gasteiger partial charge >= 0.3 is 0 Å². The number of carbonyl (C=O) groups excluding carboxylic acids is 2. The van der Waals surface area contributed by atoms with Gasteiger partial charge in [-0.05, 0) is 57.4 Å². The first kappa shape index (κ1) is 20.1. The van der Waals surface area contributed by atoms with Crippen molar-refractivity contribution in [2.45, 2.75) is 52.6 Å². The fourth-order valence-electron chi connectivity index (χ4n) is 3.86. The molecule has 1 aliphatic heterocycles. The minimum atomic E-state index is -0.168. The summed E-state index contributed by atoms with van der Waals surface area (Å²) in [4.78, 5) is 31.5. The second kappa shape index (κ2) is 8.26. The van der Waals surface area contributed by atoms with Gasteiger partial charge in [-0.2, -0.15) is 5.10 Å². The summed E-state index contributed by atoms with van der Waals surface area (Å²) >= 11 is 0. The van der Waals surface area contributed by atoms with Crippen molar-refractivity contribution in [3.05, 3.63) is 53.3 Å². The molecule has 0 aliphatic carbocycles. The van der Waals surface area contributed by atoms with Crippen LogP contribution in [0.3, 0.4) is 0 Å². The molecular formula is C23H27N5O2. The maximum Gasteiger partial charge on any atom is 0.253 e. The van der Waals surface area contributed by atoms with E-state index in [0.717, 1.165) is 41.7 Å². The predicted molar refractivity (Wildman–Crippen MR) is 116 cm³/mol. The van der Waals surface area contributed by atoms with Gasteiger partial charge in [-0.1, -0.05) is 12.1 Å². The van der Waals surface area contributed by atoms with E-state index < -0.39 is 0 Å². The lowest BCUT2D eigenvalue weighted by Crippen LogP contribution is -2.35. The zero-order valence-corrected chi connectivity index (χ0v) is 17.7. The molecule has 2 amide bonds. The number of benzene rings is 1. The van der Waals surface area contributed by atoms with Gasteiger partial charge in [-0.3, -0.25) is 9.59 Å². The minimum Gasteiger partial charge on any atom is -0.348 e. The highest BCUT2D eigenvalue weighted by Gasteiger charge is 2.20. The summed E-state index contributed by atoms with van der Waals surface area (Å²) < 4.78 is 1.86. The number of piperidine rings is 1. The number of rotatable bonds is 5. The Labute approximate surface area is 176 Å². The molecule has 1 aliphatic rings. The van der Waals surface area contributed by atoms with Crippen LogP contribution < -0.4 is 10.2 Å². The van der Waals surface area contributed by atoms with Gasteiger partial charge < -0.3 is 10.2 Å². The van der Waals surface area contributed by atoms with Crippen molar-refractivity contribution < 1.29 is 9.59 Å². The fourth-order valence-corrected chi connectivity index (χ4v) is 3.86. The molecule has 0 radical (unpaired) electrons. The van der Waals surface area contributed by atoms with Gasteiger partial charge in [0.2, 0.25) is 5.91 Å². The number of fused-ring (bicyclic) bond motifs is 1. The number of aromatic nitrogens is 3. The fraction of sp³-hybridized carbons (Fsp3) is 0.391. The lowest BCUT2D eigenvalue weighted by molar-refractivity contribution is -0.119. The molecule has 7 nitrogen and oxygen atoms in total. The third-order valence-corrected chi connectivity index (χ3v) is 5.49. The number of nitrogens with zero attached hydrogens (tertiary/aromatic N) is 4. The number of nitrogens with one attached hydrogen (secondary N) is 1. The second-order valence-corrected chi connectivity index (χ2v) is 8.07. The van der Waals surface area contributed by atoms with Gasteiger partial charge in [0.1, 0.15) is 0 Å². The molecular weight excluding hydrogens is 378 g/mol. The number of hydrogen-bond acceptors (Lipinski definition) is 4. The highest BCUT2D eigenvalue weighted by Crippen LogP contribution is 2.22. The van der Waals surface area contributed by atoms with Crippen molar-refractivity contribution in [2.75, 3.05) is 11.4 Å². The second-order valence-electron chi connectivity index (χ2n) is 8.07. The summed E-state index contributed by atoms with van der Waals surface area (Å²) in [5.74, 6) is -0.00182. The van der Waals surface area contributed by atoms with Gasteiger partial charge in [0.05, 0.1) is 17.5 Å². The summed E-state index contributed by atoms with van der Waals surface area (Å²) in [7, 11) is 0. The lowest BCUT2D eigenvalue weighted by atomic mass is 10.1. The number of anilines is 1. The largest absolute Gasteiger partial charge is 0.348 e. The first-order chi connectivity index (χ1) is 14.4. The SMILES string of the molecule is Cc1nc2c(cnn2C(C)C)cc1C(=O)NCc1cccc(N2CCCCC2=O)c1. The van der Waals surface area contributed by atoms with Gasteiger partial charge in [0, 0.05) is 36.6 Å². The standard InChI is InChI=1S/C23H27N5O2/c1-15(2)28-22-18(14-25-28)12-20(16(3)26-22)23(30)24-13-17-7-6-8-19(11-17)27-10-5-4-9-21(27)29/h6-8,11-12,14-15H,4-5,9-10,13H2,1-3H3,(H,24,30). The molecule has 7 heteroatoms. The van der Waals surface area contributed by atoms with Crippen molar-refractivity contribution in [1.29, 1.82) is 0 Å². The van der Waals surface area contributed by atoms with Crippen molar-refractivity contribution in [3.8, 4) is 0 Å². The first-order valence-corrected chi connectivity index (χ1v) is 10.5. The summed E-state index contributed by atoms with van der Waals surface area (Å²) in [6.45, 7) is 7.08. The molecule has 0 unspecified atom stereocenters. The maximum absolute atomic E-state index is 12.8. The summed E-state index contributed by atoms with van der Waals surface area (Å²) in [6, 6.07) is 9.86. The Morgan fingerprint density at radius 2 is 2.07 bits per heavy atom. The molecule has 0 saturated carbocycles. The van der Waals surface area contributed by atoms with E-state index in [9.17, 15) is 9.59 Å². The molecule has 1 N–H and O–H groups in total. The first-order valence-electron chi connectivity index (χ1n) is 10.5. The van der Waals surface area contributed by atoms with Crippen molar-refractivity contribution >= 4 is 28.5 Å². The number of amides is 2. The van der Waals surface area contributed by atoms with E-state index in [1.165, 1.54) is 0 Å². The molecule has 1 fully saturated rings. The molecule has 1 saturated heterocycles. The molecule has 3 aromatic rings. The summed E-state index contributed by atoms with van der Waals surface area (Å²) in [5, 5.41) is 8.21. The van der Waals surface area contributed by atoms with Crippen LogP contribution in [-0.2, 0) is 11.3 Å². The number of carbonyl (C=O) groups is 2. The van der Waals surface area contributed by atoms with Crippen LogP contribution in [0.15, 0.2) is 36.5 Å². The Kier molecular flexibility index (Phi) is 5.53. The van der Waals surface area contributed by atoms with Gasteiger partial charge in [0.25, 0.3) is 5.91 Å². The smallest absolute Gasteiger partial charge is 0.253 e. The van der Waals surface area contributed by atoms with E-state index in [2.05, 4.69) is 29.2 Å². The molecule has 4 rings (SSSR count). The van der Waals surface area contributed by atoms with Crippen molar-refractivity contribution in [1.82, 2.24) is 20.1 Å². The van der Waals surface area contributed by atoms with E-state index in [4.69, 9.17) is 0 Å². The van der Waals surface area contributed by atoms with Gasteiger partial charge in [-0.15, -0.1) is 0 Å². The van der Waals surface area contributed by atoms with Crippen LogP contribution in [0.25, 0.3) is 11.0 Å². The average Bonchev–Trinajstić information content (AvgIpc) is 3.15. The Morgan fingerprint density at radius 1 is 1.23 bits per heavy atom. The molecule has 2 aromatic heterocycles. The van der Waals surface area contributed by atoms with Crippen LogP contribution >= 0.6 is 0 Å². The van der Waals surface area contributed by atoms with E-state index in [1.807, 2.05) is 46.8 Å². The third-order valence-electron chi connectivity index (χ3n) is 5.49. The van der Waals surface area contributed by atoms with E-state index in [-0.39, 0.29) is 17.9 Å². The topological polar surface area (TPSA) is 80.1 Å². The van der Waals surface area contributed by atoms with E-state index in [1.54, 1.807) is 6.20 Å². The zero-order chi connectivity index (χ0) is 21.3. The summed E-state index contributed by atoms with van der Waals surface area (Å²) in [6.07, 6.45) is 4.33. The van der Waals surface area contributed by atoms with Crippen molar-refractivity contribution in [3.63, 3.8) is 0 Å². The lowest BCUT2D eigenvalue weighted by Gasteiger charge is -2.27. The number of pyridine rings is 1. The van der Waals surface area contributed by atoms with Crippen LogP contribution in [0.5, 0.6) is 0 Å². The molecule has 0 atom stereocenters. The van der Waals surface area contributed by atoms with Crippen LogP contribution in [0, 0.1) is 6.92 Å². The van der Waals surface area contributed by atoms with Crippen LogP contribution in [-0.4, -0.2) is 33.1 Å². The maximum atomic E-state index is 12.8. The molecule has 1 aromatic carbocycles. The van der Waals surface area contributed by atoms with Crippen LogP contribution in [0.4, 0.5) is 5.69 Å². The molecule has 0 spiro atoms. The number of aryl methyl sites for hydroxylation is 1. The predicted octanol–water partition coefficient (Wildman–Crippen LogP) is 3.77. The average molecular weight is 406 g/mol. The van der Waals surface area contributed by atoms with E-state index in [0.29, 0.717) is 24.2 Å². The highest BCUT2D eigenvalue weighted by atomic mass is 16.2. The normalized spacial score (nSPS) is 14.5. The van der Waals surface area contributed by atoms with Crippen LogP contribution in [0.2, 0.25) is 0 Å².